The van der Waals surface area contributed by atoms with Crippen LogP contribution in [0.1, 0.15) is 103 Å². The summed E-state index contributed by atoms with van der Waals surface area (Å²) in [5.74, 6) is 4.20. The minimum Gasteiger partial charge on any atom is -0.463 e. The van der Waals surface area contributed by atoms with E-state index in [4.69, 9.17) is 18.9 Å². The van der Waals surface area contributed by atoms with Crippen LogP contribution in [0.4, 0.5) is 0 Å². The van der Waals surface area contributed by atoms with E-state index < -0.39 is 11.9 Å². The van der Waals surface area contributed by atoms with Gasteiger partial charge in [0.2, 0.25) is 11.8 Å². The molecule has 46 heavy (non-hydrogen) atoms. The molecule has 10 heteroatoms. The highest BCUT2D eigenvalue weighted by atomic mass is 16.6. The highest BCUT2D eigenvalue weighted by molar-refractivity contribution is 5.81. The van der Waals surface area contributed by atoms with E-state index in [1.807, 2.05) is 0 Å². The van der Waals surface area contributed by atoms with Crippen molar-refractivity contribution in [1.29, 1.82) is 0 Å². The fraction of sp³-hybridized carbons (Fsp3) is 0.889. The monoisotopic (exact) mass is 644 g/mol. The molecule has 8 rings (SSSR count). The number of esters is 2. The first-order chi connectivity index (χ1) is 22.3. The van der Waals surface area contributed by atoms with Gasteiger partial charge in [0.25, 0.3) is 0 Å². The molecule has 2 N–H and O–H groups in total. The third kappa shape index (κ3) is 9.24. The van der Waals surface area contributed by atoms with Gasteiger partial charge >= 0.3 is 11.9 Å². The van der Waals surface area contributed by atoms with Crippen molar-refractivity contribution in [3.8, 4) is 0 Å². The van der Waals surface area contributed by atoms with Crippen LogP contribution in [-0.2, 0) is 38.1 Å². The fourth-order valence-corrected chi connectivity index (χ4v) is 11.1. The molecule has 0 aromatic carbocycles. The summed E-state index contributed by atoms with van der Waals surface area (Å²) in [6, 6.07) is 0. The van der Waals surface area contributed by atoms with E-state index in [2.05, 4.69) is 10.6 Å². The van der Waals surface area contributed by atoms with E-state index in [1.54, 1.807) is 0 Å². The van der Waals surface area contributed by atoms with Gasteiger partial charge in [0.05, 0.1) is 39.3 Å². The van der Waals surface area contributed by atoms with Gasteiger partial charge in [-0.05, 0) is 123 Å². The van der Waals surface area contributed by atoms with Gasteiger partial charge in [0.1, 0.15) is 13.2 Å². The molecule has 8 aliphatic rings. The van der Waals surface area contributed by atoms with Gasteiger partial charge in [0.15, 0.2) is 0 Å². The third-order valence-electron chi connectivity index (χ3n) is 12.1. The van der Waals surface area contributed by atoms with E-state index in [1.165, 1.54) is 77.0 Å². The largest absolute Gasteiger partial charge is 0.463 e. The van der Waals surface area contributed by atoms with E-state index in [-0.39, 0.29) is 63.9 Å². The van der Waals surface area contributed by atoms with Crippen LogP contribution in [0.2, 0.25) is 0 Å². The lowest BCUT2D eigenvalue weighted by atomic mass is 9.49. The van der Waals surface area contributed by atoms with Crippen LogP contribution in [-0.4, -0.2) is 76.5 Å². The Morgan fingerprint density at radius 1 is 0.457 bits per heavy atom. The number of amides is 2. The molecule has 258 valence electrons. The standard InChI is InChI=1S/C36H56N2O8/c39-31(37-23-35-17-25-11-26(18-35)13-27(12-25)19-35)1-3-33(41)45-9-7-43-5-6-44-8-10-46-34(42)4-2-32(40)38-24-36-20-28-14-29(21-36)16-30(15-28)22-36/h25-30H,1-24H2,(H,37,39)(H,38,40). The quantitative estimate of drug-likeness (QED) is 0.157. The second kappa shape index (κ2) is 15.3. The smallest absolute Gasteiger partial charge is 0.306 e. The summed E-state index contributed by atoms with van der Waals surface area (Å²) in [5, 5.41) is 6.22. The molecule has 0 aliphatic heterocycles. The van der Waals surface area contributed by atoms with Crippen molar-refractivity contribution < 1.29 is 38.1 Å². The Morgan fingerprint density at radius 2 is 0.761 bits per heavy atom. The molecule has 0 radical (unpaired) electrons. The normalized spacial score (nSPS) is 34.8. The van der Waals surface area contributed by atoms with Crippen molar-refractivity contribution in [2.75, 3.05) is 52.7 Å². The van der Waals surface area contributed by atoms with Gasteiger partial charge in [-0.2, -0.15) is 0 Å². The predicted octanol–water partition coefficient (Wildman–Crippen LogP) is 4.33. The van der Waals surface area contributed by atoms with Crippen LogP contribution in [0, 0.1) is 46.3 Å². The number of hydrogen-bond donors (Lipinski definition) is 2. The molecule has 0 heterocycles. The van der Waals surface area contributed by atoms with Crippen molar-refractivity contribution in [3.05, 3.63) is 0 Å². The Labute approximate surface area is 274 Å². The van der Waals surface area contributed by atoms with Gasteiger partial charge in [0, 0.05) is 25.9 Å². The molecule has 0 unspecified atom stereocenters. The van der Waals surface area contributed by atoms with Gasteiger partial charge < -0.3 is 29.6 Å². The summed E-state index contributed by atoms with van der Waals surface area (Å²) >= 11 is 0. The Morgan fingerprint density at radius 3 is 1.09 bits per heavy atom. The van der Waals surface area contributed by atoms with Gasteiger partial charge in [-0.25, -0.2) is 0 Å². The zero-order valence-electron chi connectivity index (χ0n) is 27.7. The molecule has 0 saturated heterocycles. The first-order valence-electron chi connectivity index (χ1n) is 18.3. The summed E-state index contributed by atoms with van der Waals surface area (Å²) in [5.41, 5.74) is 0.588. The number of carbonyl (C=O) groups excluding carboxylic acids is 4. The molecule has 8 bridgehead atoms. The summed E-state index contributed by atoms with van der Waals surface area (Å²) in [4.78, 5) is 48.8. The molecule has 0 atom stereocenters. The first-order valence-corrected chi connectivity index (χ1v) is 18.3. The molecular formula is C36H56N2O8. The van der Waals surface area contributed by atoms with Crippen LogP contribution >= 0.6 is 0 Å². The van der Waals surface area contributed by atoms with Gasteiger partial charge in [-0.1, -0.05) is 0 Å². The molecular weight excluding hydrogens is 588 g/mol. The van der Waals surface area contributed by atoms with Crippen molar-refractivity contribution >= 4 is 23.8 Å². The van der Waals surface area contributed by atoms with E-state index in [0.717, 1.165) is 48.6 Å². The summed E-state index contributed by atoms with van der Waals surface area (Å²) in [6.07, 6.45) is 16.3. The lowest BCUT2D eigenvalue weighted by Gasteiger charge is -2.56. The van der Waals surface area contributed by atoms with Crippen molar-refractivity contribution in [2.24, 2.45) is 46.3 Å². The zero-order chi connectivity index (χ0) is 32.0. The topological polar surface area (TPSA) is 129 Å². The molecule has 8 fully saturated rings. The number of nitrogens with one attached hydrogen (secondary N) is 2. The van der Waals surface area contributed by atoms with E-state index >= 15 is 0 Å². The summed E-state index contributed by atoms with van der Waals surface area (Å²) in [7, 11) is 0. The van der Waals surface area contributed by atoms with E-state index in [9.17, 15) is 19.2 Å². The number of hydrogen-bond acceptors (Lipinski definition) is 8. The number of ether oxygens (including phenoxy) is 4. The highest BCUT2D eigenvalue weighted by Gasteiger charge is 2.51. The Kier molecular flexibility index (Phi) is 11.2. The fourth-order valence-electron chi connectivity index (χ4n) is 11.1. The SMILES string of the molecule is O=C(CCC(=O)OCCOCCOCCOC(=O)CCC(=O)NCC12CC3CC(CC(C3)C1)C2)NCC12CC3CC(CC(C3)C1)C2. The molecule has 2 amide bonds. The van der Waals surface area contributed by atoms with E-state index in [0.29, 0.717) is 24.0 Å². The Balaban J connectivity index is 0.702. The predicted molar refractivity (Wildman–Crippen MR) is 169 cm³/mol. The molecule has 0 spiro atoms. The summed E-state index contributed by atoms with van der Waals surface area (Å²) < 4.78 is 21.2. The zero-order valence-corrected chi connectivity index (χ0v) is 27.7. The van der Waals surface area contributed by atoms with Crippen LogP contribution in [0.15, 0.2) is 0 Å². The molecule has 10 nitrogen and oxygen atoms in total. The van der Waals surface area contributed by atoms with Crippen LogP contribution in [0.3, 0.4) is 0 Å². The van der Waals surface area contributed by atoms with Crippen LogP contribution < -0.4 is 10.6 Å². The second-order valence-corrected chi connectivity index (χ2v) is 16.1. The maximum atomic E-state index is 12.4. The second-order valence-electron chi connectivity index (χ2n) is 16.1. The maximum absolute atomic E-state index is 12.4. The van der Waals surface area contributed by atoms with Crippen molar-refractivity contribution in [2.45, 2.75) is 103 Å². The molecule has 0 aromatic heterocycles. The maximum Gasteiger partial charge on any atom is 0.306 e. The van der Waals surface area contributed by atoms with Crippen LogP contribution in [0.25, 0.3) is 0 Å². The molecule has 0 aromatic rings. The average molecular weight is 645 g/mol. The first kappa shape index (κ1) is 33.7. The lowest BCUT2D eigenvalue weighted by molar-refractivity contribution is -0.147. The average Bonchev–Trinajstić information content (AvgIpc) is 3.00. The minimum atomic E-state index is -0.397. The lowest BCUT2D eigenvalue weighted by Crippen LogP contribution is -2.51. The minimum absolute atomic E-state index is 0.0697. The number of rotatable bonds is 19. The Hall–Kier alpha value is -2.20. The van der Waals surface area contributed by atoms with Crippen molar-refractivity contribution in [1.82, 2.24) is 10.6 Å². The van der Waals surface area contributed by atoms with Crippen LogP contribution in [0.5, 0.6) is 0 Å². The Bertz CT molecular complexity index is 937. The van der Waals surface area contributed by atoms with Gasteiger partial charge in [-0.3, -0.25) is 19.2 Å². The summed E-state index contributed by atoms with van der Waals surface area (Å²) in [6.45, 7) is 2.89. The number of carbonyl (C=O) groups is 4. The highest BCUT2D eigenvalue weighted by Crippen LogP contribution is 2.60. The van der Waals surface area contributed by atoms with Crippen molar-refractivity contribution in [3.63, 3.8) is 0 Å². The third-order valence-corrected chi connectivity index (χ3v) is 12.1. The molecule has 8 saturated carbocycles. The molecule has 8 aliphatic carbocycles. The van der Waals surface area contributed by atoms with Gasteiger partial charge in [-0.15, -0.1) is 0 Å².